The summed E-state index contributed by atoms with van der Waals surface area (Å²) in [6, 6.07) is 7.46. The minimum absolute atomic E-state index is 0.405. The molecule has 0 spiro atoms. The number of nitrogens with one attached hydrogen (secondary N) is 1. The molecular weight excluding hydrogens is 246 g/mol. The minimum atomic E-state index is 0.405. The van der Waals surface area contributed by atoms with Gasteiger partial charge in [0.15, 0.2) is 0 Å². The van der Waals surface area contributed by atoms with Gasteiger partial charge < -0.3 is 10.1 Å². The van der Waals surface area contributed by atoms with Crippen LogP contribution in [0, 0.1) is 5.41 Å². The van der Waals surface area contributed by atoms with Crippen LogP contribution < -0.4 is 5.32 Å². The predicted molar refractivity (Wildman–Crippen MR) is 82.5 cm³/mol. The Bertz CT molecular complexity index is 462. The number of fused-ring (bicyclic) bond motifs is 1. The van der Waals surface area contributed by atoms with Crippen LogP contribution in [0.3, 0.4) is 0 Å². The van der Waals surface area contributed by atoms with E-state index in [0.29, 0.717) is 11.5 Å². The first-order chi connectivity index (χ1) is 9.73. The van der Waals surface area contributed by atoms with Crippen LogP contribution in [-0.2, 0) is 18.0 Å². The van der Waals surface area contributed by atoms with Crippen molar-refractivity contribution in [2.75, 3.05) is 6.54 Å². The molecule has 2 heteroatoms. The molecule has 1 saturated carbocycles. The summed E-state index contributed by atoms with van der Waals surface area (Å²) in [5.41, 5.74) is 4.63. The smallest absolute Gasteiger partial charge is 0.0725 e. The van der Waals surface area contributed by atoms with Crippen molar-refractivity contribution in [2.45, 2.75) is 65.2 Å². The third-order valence-electron chi connectivity index (χ3n) is 5.18. The summed E-state index contributed by atoms with van der Waals surface area (Å²) in [5.74, 6) is 0. The fourth-order valence-electron chi connectivity index (χ4n) is 3.99. The molecule has 3 rings (SSSR count). The lowest BCUT2D eigenvalue weighted by atomic mass is 9.68. The quantitative estimate of drug-likeness (QED) is 0.881. The normalized spacial score (nSPS) is 22.5. The van der Waals surface area contributed by atoms with E-state index in [0.717, 1.165) is 19.8 Å². The highest BCUT2D eigenvalue weighted by molar-refractivity contribution is 5.35. The van der Waals surface area contributed by atoms with Gasteiger partial charge in [0.05, 0.1) is 13.2 Å². The van der Waals surface area contributed by atoms with Gasteiger partial charge in [0.1, 0.15) is 0 Å². The molecule has 1 aromatic rings. The van der Waals surface area contributed by atoms with Crippen LogP contribution in [0.4, 0.5) is 0 Å². The topological polar surface area (TPSA) is 21.3 Å². The van der Waals surface area contributed by atoms with E-state index in [2.05, 4.69) is 37.4 Å². The lowest BCUT2D eigenvalue weighted by Crippen LogP contribution is -2.37. The van der Waals surface area contributed by atoms with Crippen molar-refractivity contribution in [3.63, 3.8) is 0 Å². The summed E-state index contributed by atoms with van der Waals surface area (Å²) >= 11 is 0. The Morgan fingerprint density at radius 3 is 2.65 bits per heavy atom. The first-order valence-corrected chi connectivity index (χ1v) is 8.16. The maximum absolute atomic E-state index is 5.56. The number of hydrogen-bond donors (Lipinski definition) is 1. The lowest BCUT2D eigenvalue weighted by molar-refractivity contribution is 0.134. The third-order valence-corrected chi connectivity index (χ3v) is 5.18. The average molecular weight is 273 g/mol. The molecule has 0 saturated heterocycles. The Hall–Kier alpha value is -0.860. The van der Waals surface area contributed by atoms with Crippen molar-refractivity contribution in [3.8, 4) is 0 Å². The van der Waals surface area contributed by atoms with Crippen molar-refractivity contribution < 1.29 is 4.74 Å². The van der Waals surface area contributed by atoms with E-state index in [9.17, 15) is 0 Å². The van der Waals surface area contributed by atoms with Gasteiger partial charge in [-0.1, -0.05) is 51.3 Å². The number of rotatable bonds is 4. The van der Waals surface area contributed by atoms with E-state index in [1.54, 1.807) is 0 Å². The van der Waals surface area contributed by atoms with E-state index >= 15 is 0 Å². The highest BCUT2D eigenvalue weighted by atomic mass is 16.5. The van der Waals surface area contributed by atoms with Crippen LogP contribution in [0.25, 0.3) is 0 Å². The molecule has 0 amide bonds. The van der Waals surface area contributed by atoms with Gasteiger partial charge in [0.2, 0.25) is 0 Å². The standard InChI is InChI=1S/C18H27NO/c1-3-19-17(18(2)9-5-4-6-10-18)14-7-8-15-12-20-13-16(15)11-14/h7-8,11,17,19H,3-6,9-10,12-13H2,1-2H3. The van der Waals surface area contributed by atoms with Gasteiger partial charge in [0, 0.05) is 6.04 Å². The number of hydrogen-bond acceptors (Lipinski definition) is 2. The molecular formula is C18H27NO. The summed E-state index contributed by atoms with van der Waals surface area (Å²) in [5, 5.41) is 3.76. The summed E-state index contributed by atoms with van der Waals surface area (Å²) < 4.78 is 5.56. The summed E-state index contributed by atoms with van der Waals surface area (Å²) in [4.78, 5) is 0. The van der Waals surface area contributed by atoms with E-state index in [4.69, 9.17) is 4.74 Å². The highest BCUT2D eigenvalue weighted by Gasteiger charge is 2.36. The van der Waals surface area contributed by atoms with Gasteiger partial charge in [0.25, 0.3) is 0 Å². The van der Waals surface area contributed by atoms with Crippen molar-refractivity contribution in [2.24, 2.45) is 5.41 Å². The lowest BCUT2D eigenvalue weighted by Gasteiger charge is -2.41. The molecule has 1 fully saturated rings. The first kappa shape index (κ1) is 14.1. The molecule has 0 aromatic heterocycles. The van der Waals surface area contributed by atoms with Crippen LogP contribution in [-0.4, -0.2) is 6.54 Å². The molecule has 20 heavy (non-hydrogen) atoms. The van der Waals surface area contributed by atoms with Crippen LogP contribution in [0.15, 0.2) is 18.2 Å². The Morgan fingerprint density at radius 1 is 1.15 bits per heavy atom. The van der Waals surface area contributed by atoms with E-state index < -0.39 is 0 Å². The summed E-state index contributed by atoms with van der Waals surface area (Å²) in [6.45, 7) is 7.31. The Balaban J connectivity index is 1.89. The molecule has 2 nitrogen and oxygen atoms in total. The Labute approximate surface area is 122 Å². The second-order valence-corrected chi connectivity index (χ2v) is 6.73. The predicted octanol–water partition coefficient (Wildman–Crippen LogP) is 4.34. The average Bonchev–Trinajstić information content (AvgIpc) is 2.92. The van der Waals surface area contributed by atoms with Crippen molar-refractivity contribution in [1.29, 1.82) is 0 Å². The zero-order valence-corrected chi connectivity index (χ0v) is 12.9. The fraction of sp³-hybridized carbons (Fsp3) is 0.667. The Morgan fingerprint density at radius 2 is 1.90 bits per heavy atom. The summed E-state index contributed by atoms with van der Waals surface area (Å²) in [7, 11) is 0. The molecule has 1 aliphatic heterocycles. The van der Waals surface area contributed by atoms with E-state index in [1.165, 1.54) is 48.8 Å². The molecule has 110 valence electrons. The molecule has 1 unspecified atom stereocenters. The van der Waals surface area contributed by atoms with Gasteiger partial charge in [-0.2, -0.15) is 0 Å². The first-order valence-electron chi connectivity index (χ1n) is 8.16. The second kappa shape index (κ2) is 5.87. The van der Waals surface area contributed by atoms with Crippen LogP contribution in [0.2, 0.25) is 0 Å². The molecule has 0 bridgehead atoms. The van der Waals surface area contributed by atoms with Crippen molar-refractivity contribution in [3.05, 3.63) is 34.9 Å². The number of benzene rings is 1. The van der Waals surface area contributed by atoms with E-state index in [1.807, 2.05) is 0 Å². The van der Waals surface area contributed by atoms with Crippen molar-refractivity contribution in [1.82, 2.24) is 5.32 Å². The highest BCUT2D eigenvalue weighted by Crippen LogP contribution is 2.46. The fourth-order valence-corrected chi connectivity index (χ4v) is 3.99. The molecule has 0 radical (unpaired) electrons. The molecule has 1 aliphatic carbocycles. The monoisotopic (exact) mass is 273 g/mol. The minimum Gasteiger partial charge on any atom is -0.372 e. The molecule has 1 aromatic carbocycles. The molecule has 1 N–H and O–H groups in total. The van der Waals surface area contributed by atoms with Crippen LogP contribution in [0.5, 0.6) is 0 Å². The van der Waals surface area contributed by atoms with Gasteiger partial charge >= 0.3 is 0 Å². The maximum atomic E-state index is 5.56. The van der Waals surface area contributed by atoms with E-state index in [-0.39, 0.29) is 0 Å². The van der Waals surface area contributed by atoms with Gasteiger partial charge in [-0.05, 0) is 41.5 Å². The van der Waals surface area contributed by atoms with Gasteiger partial charge in [-0.3, -0.25) is 0 Å². The SMILES string of the molecule is CCNC(c1ccc2c(c1)COC2)C1(C)CCCCC1. The third kappa shape index (κ3) is 2.64. The maximum Gasteiger partial charge on any atom is 0.0725 e. The van der Waals surface area contributed by atoms with Gasteiger partial charge in [-0.15, -0.1) is 0 Å². The van der Waals surface area contributed by atoms with Crippen LogP contribution in [0.1, 0.15) is 68.7 Å². The van der Waals surface area contributed by atoms with Gasteiger partial charge in [-0.25, -0.2) is 0 Å². The number of ether oxygens (including phenoxy) is 1. The second-order valence-electron chi connectivity index (χ2n) is 6.73. The zero-order chi connectivity index (χ0) is 14.0. The Kier molecular flexibility index (Phi) is 4.13. The zero-order valence-electron chi connectivity index (χ0n) is 12.9. The van der Waals surface area contributed by atoms with Crippen LogP contribution >= 0.6 is 0 Å². The summed E-state index contributed by atoms with van der Waals surface area (Å²) in [6.07, 6.45) is 6.86. The van der Waals surface area contributed by atoms with Crippen molar-refractivity contribution >= 4 is 0 Å². The molecule has 1 atom stereocenters. The largest absolute Gasteiger partial charge is 0.372 e. The molecule has 1 heterocycles. The molecule has 2 aliphatic rings.